The second-order valence-corrected chi connectivity index (χ2v) is 4.19. The summed E-state index contributed by atoms with van der Waals surface area (Å²) < 4.78 is 0.695. The van der Waals surface area contributed by atoms with Gasteiger partial charge in [-0.25, -0.2) is 4.98 Å². The predicted octanol–water partition coefficient (Wildman–Crippen LogP) is 2.25. The van der Waals surface area contributed by atoms with Gasteiger partial charge in [-0.15, -0.1) is 0 Å². The maximum absolute atomic E-state index is 12.0. The Kier molecular flexibility index (Phi) is 3.16. The van der Waals surface area contributed by atoms with Gasteiger partial charge in [-0.1, -0.05) is 12.2 Å². The SMILES string of the molecule is O=C(c1ccnc(Br)c1)N1CC=CCC1. The molecule has 0 saturated carbocycles. The fourth-order valence-corrected chi connectivity index (χ4v) is 1.91. The fourth-order valence-electron chi connectivity index (χ4n) is 1.54. The molecule has 0 atom stereocenters. The van der Waals surface area contributed by atoms with Crippen LogP contribution in [0.3, 0.4) is 0 Å². The number of hydrogen-bond donors (Lipinski definition) is 0. The van der Waals surface area contributed by atoms with Crippen molar-refractivity contribution in [1.82, 2.24) is 9.88 Å². The van der Waals surface area contributed by atoms with Crippen LogP contribution >= 0.6 is 15.9 Å². The molecule has 0 radical (unpaired) electrons. The second-order valence-electron chi connectivity index (χ2n) is 3.38. The Hall–Kier alpha value is -1.16. The van der Waals surface area contributed by atoms with Gasteiger partial charge in [-0.3, -0.25) is 4.79 Å². The molecule has 0 bridgehead atoms. The minimum absolute atomic E-state index is 0.0717. The van der Waals surface area contributed by atoms with Crippen LogP contribution in [0.2, 0.25) is 0 Å². The van der Waals surface area contributed by atoms with Gasteiger partial charge < -0.3 is 4.90 Å². The Balaban J connectivity index is 2.16. The molecular formula is C11H11BrN2O. The first-order valence-corrected chi connectivity index (χ1v) is 5.62. The van der Waals surface area contributed by atoms with Gasteiger partial charge in [0.2, 0.25) is 0 Å². The lowest BCUT2D eigenvalue weighted by Crippen LogP contribution is -2.33. The van der Waals surface area contributed by atoms with E-state index in [0.717, 1.165) is 13.0 Å². The maximum atomic E-state index is 12.0. The van der Waals surface area contributed by atoms with Crippen LogP contribution in [0.1, 0.15) is 16.8 Å². The Bertz CT molecular complexity index is 403. The number of amides is 1. The highest BCUT2D eigenvalue weighted by Gasteiger charge is 2.15. The van der Waals surface area contributed by atoms with Crippen LogP contribution in [0.25, 0.3) is 0 Å². The second kappa shape index (κ2) is 4.57. The topological polar surface area (TPSA) is 33.2 Å². The van der Waals surface area contributed by atoms with E-state index in [0.29, 0.717) is 16.7 Å². The van der Waals surface area contributed by atoms with Gasteiger partial charge in [0, 0.05) is 24.8 Å². The third kappa shape index (κ3) is 2.45. The summed E-state index contributed by atoms with van der Waals surface area (Å²) in [6.07, 6.45) is 6.71. The van der Waals surface area contributed by atoms with Crippen LogP contribution in [0.4, 0.5) is 0 Å². The van der Waals surface area contributed by atoms with E-state index < -0.39 is 0 Å². The molecule has 0 unspecified atom stereocenters. The van der Waals surface area contributed by atoms with Crippen LogP contribution < -0.4 is 0 Å². The molecule has 0 N–H and O–H groups in total. The summed E-state index contributed by atoms with van der Waals surface area (Å²) in [7, 11) is 0. The van der Waals surface area contributed by atoms with Crippen molar-refractivity contribution in [2.75, 3.05) is 13.1 Å². The molecule has 2 rings (SSSR count). The van der Waals surface area contributed by atoms with Crippen molar-refractivity contribution >= 4 is 21.8 Å². The van der Waals surface area contributed by atoms with Crippen LogP contribution in [0, 0.1) is 0 Å². The van der Waals surface area contributed by atoms with Gasteiger partial charge in [0.15, 0.2) is 0 Å². The lowest BCUT2D eigenvalue weighted by Gasteiger charge is -2.23. The number of pyridine rings is 1. The van der Waals surface area contributed by atoms with Gasteiger partial charge in [-0.05, 0) is 34.5 Å². The van der Waals surface area contributed by atoms with Crippen molar-refractivity contribution in [1.29, 1.82) is 0 Å². The molecule has 0 fully saturated rings. The number of nitrogens with zero attached hydrogens (tertiary/aromatic N) is 2. The largest absolute Gasteiger partial charge is 0.335 e. The highest BCUT2D eigenvalue weighted by Crippen LogP contribution is 2.12. The standard InChI is InChI=1S/C11H11BrN2O/c12-10-8-9(4-5-13-10)11(15)14-6-2-1-3-7-14/h1-2,4-5,8H,3,6-7H2. The van der Waals surface area contributed by atoms with E-state index in [-0.39, 0.29) is 5.91 Å². The minimum Gasteiger partial charge on any atom is -0.335 e. The monoisotopic (exact) mass is 266 g/mol. The van der Waals surface area contributed by atoms with E-state index in [2.05, 4.69) is 27.0 Å². The first kappa shape index (κ1) is 10.4. The first-order chi connectivity index (χ1) is 7.27. The fraction of sp³-hybridized carbons (Fsp3) is 0.273. The number of carbonyl (C=O) groups is 1. The lowest BCUT2D eigenvalue weighted by molar-refractivity contribution is 0.0771. The summed E-state index contributed by atoms with van der Waals surface area (Å²) >= 11 is 3.26. The average Bonchev–Trinajstić information content (AvgIpc) is 2.29. The quantitative estimate of drug-likeness (QED) is 0.577. The highest BCUT2D eigenvalue weighted by atomic mass is 79.9. The average molecular weight is 267 g/mol. The van der Waals surface area contributed by atoms with Crippen molar-refractivity contribution in [3.05, 3.63) is 40.6 Å². The first-order valence-electron chi connectivity index (χ1n) is 4.83. The van der Waals surface area contributed by atoms with Gasteiger partial charge in [-0.2, -0.15) is 0 Å². The molecule has 1 aliphatic heterocycles. The molecule has 0 saturated heterocycles. The number of halogens is 1. The molecule has 1 aliphatic rings. The van der Waals surface area contributed by atoms with E-state index in [1.54, 1.807) is 18.3 Å². The Morgan fingerprint density at radius 3 is 3.00 bits per heavy atom. The molecule has 78 valence electrons. The van der Waals surface area contributed by atoms with Gasteiger partial charge >= 0.3 is 0 Å². The van der Waals surface area contributed by atoms with Gasteiger partial charge in [0.1, 0.15) is 4.60 Å². The van der Waals surface area contributed by atoms with E-state index in [1.807, 2.05) is 11.0 Å². The van der Waals surface area contributed by atoms with Crippen LogP contribution in [0.15, 0.2) is 35.1 Å². The van der Waals surface area contributed by atoms with Crippen molar-refractivity contribution in [2.45, 2.75) is 6.42 Å². The Labute approximate surface area is 96.9 Å². The smallest absolute Gasteiger partial charge is 0.254 e. The number of rotatable bonds is 1. The zero-order valence-electron chi connectivity index (χ0n) is 8.19. The molecule has 2 heterocycles. The number of aromatic nitrogens is 1. The highest BCUT2D eigenvalue weighted by molar-refractivity contribution is 9.10. The van der Waals surface area contributed by atoms with E-state index in [4.69, 9.17) is 0 Å². The number of hydrogen-bond acceptors (Lipinski definition) is 2. The zero-order valence-corrected chi connectivity index (χ0v) is 9.77. The third-order valence-electron chi connectivity index (χ3n) is 2.32. The summed E-state index contributed by atoms with van der Waals surface area (Å²) in [4.78, 5) is 17.8. The van der Waals surface area contributed by atoms with Crippen molar-refractivity contribution in [3.8, 4) is 0 Å². The molecule has 4 heteroatoms. The van der Waals surface area contributed by atoms with Crippen LogP contribution in [-0.4, -0.2) is 28.9 Å². The molecule has 0 spiro atoms. The molecule has 0 aliphatic carbocycles. The molecule has 1 aromatic heterocycles. The van der Waals surface area contributed by atoms with E-state index in [9.17, 15) is 4.79 Å². The predicted molar refractivity (Wildman–Crippen MR) is 61.6 cm³/mol. The zero-order chi connectivity index (χ0) is 10.7. The third-order valence-corrected chi connectivity index (χ3v) is 2.75. The van der Waals surface area contributed by atoms with E-state index >= 15 is 0 Å². The molecular weight excluding hydrogens is 256 g/mol. The Morgan fingerprint density at radius 1 is 1.47 bits per heavy atom. The summed E-state index contributed by atoms with van der Waals surface area (Å²) in [5, 5.41) is 0. The summed E-state index contributed by atoms with van der Waals surface area (Å²) in [6, 6.07) is 3.49. The van der Waals surface area contributed by atoms with Gasteiger partial charge in [0.25, 0.3) is 5.91 Å². The molecule has 0 aromatic carbocycles. The van der Waals surface area contributed by atoms with Crippen molar-refractivity contribution in [2.24, 2.45) is 0 Å². The molecule has 1 aromatic rings. The van der Waals surface area contributed by atoms with Crippen molar-refractivity contribution < 1.29 is 4.79 Å². The van der Waals surface area contributed by atoms with Crippen molar-refractivity contribution in [3.63, 3.8) is 0 Å². The Morgan fingerprint density at radius 2 is 2.33 bits per heavy atom. The van der Waals surface area contributed by atoms with E-state index in [1.165, 1.54) is 0 Å². The maximum Gasteiger partial charge on any atom is 0.254 e. The van der Waals surface area contributed by atoms with Crippen LogP contribution in [-0.2, 0) is 0 Å². The number of carbonyl (C=O) groups excluding carboxylic acids is 1. The molecule has 3 nitrogen and oxygen atoms in total. The van der Waals surface area contributed by atoms with Gasteiger partial charge in [0.05, 0.1) is 0 Å². The molecule has 15 heavy (non-hydrogen) atoms. The summed E-state index contributed by atoms with van der Waals surface area (Å²) in [6.45, 7) is 1.51. The normalized spacial score (nSPS) is 15.4. The lowest BCUT2D eigenvalue weighted by atomic mass is 10.2. The summed E-state index contributed by atoms with van der Waals surface area (Å²) in [5.74, 6) is 0.0717. The summed E-state index contributed by atoms with van der Waals surface area (Å²) in [5.41, 5.74) is 0.687. The minimum atomic E-state index is 0.0717. The molecule has 1 amide bonds. The van der Waals surface area contributed by atoms with Crippen LogP contribution in [0.5, 0.6) is 0 Å².